The molecule has 0 aromatic carbocycles. The van der Waals surface area contributed by atoms with E-state index < -0.39 is 0 Å². The monoisotopic (exact) mass is 278 g/mol. The van der Waals surface area contributed by atoms with E-state index in [9.17, 15) is 4.79 Å². The number of nitrogens with two attached hydrogens (primary N) is 1. The van der Waals surface area contributed by atoms with Gasteiger partial charge < -0.3 is 10.6 Å². The first-order chi connectivity index (χ1) is 9.20. The molecule has 1 fully saturated rings. The van der Waals surface area contributed by atoms with Crippen LogP contribution in [0.5, 0.6) is 0 Å². The second-order valence-electron chi connectivity index (χ2n) is 5.82. The minimum Gasteiger partial charge on any atom is -0.338 e. The van der Waals surface area contributed by atoms with Crippen molar-refractivity contribution in [2.24, 2.45) is 11.7 Å². The lowest BCUT2D eigenvalue weighted by molar-refractivity contribution is 0.0705. The highest BCUT2D eigenvalue weighted by Crippen LogP contribution is 2.33. The van der Waals surface area contributed by atoms with Gasteiger partial charge in [0.1, 0.15) is 0 Å². The molecule has 3 rings (SSSR count). The summed E-state index contributed by atoms with van der Waals surface area (Å²) >= 11 is 1.70. The van der Waals surface area contributed by atoms with Crippen molar-refractivity contribution in [1.29, 1.82) is 0 Å². The van der Waals surface area contributed by atoms with Gasteiger partial charge in [0, 0.05) is 18.0 Å². The fourth-order valence-corrected chi connectivity index (χ4v) is 4.80. The molecule has 2 atom stereocenters. The lowest BCUT2D eigenvalue weighted by Gasteiger charge is -2.28. The van der Waals surface area contributed by atoms with E-state index in [-0.39, 0.29) is 5.91 Å². The summed E-state index contributed by atoms with van der Waals surface area (Å²) in [5, 5.41) is 0. The molecule has 0 bridgehead atoms. The number of rotatable bonds is 3. The van der Waals surface area contributed by atoms with Gasteiger partial charge in [-0.05, 0) is 56.2 Å². The molecule has 3 nitrogen and oxygen atoms in total. The molecule has 0 saturated heterocycles. The van der Waals surface area contributed by atoms with Crippen LogP contribution < -0.4 is 5.73 Å². The molecule has 1 amide bonds. The van der Waals surface area contributed by atoms with Gasteiger partial charge >= 0.3 is 0 Å². The minimum atomic E-state index is 0.199. The molecule has 2 aliphatic rings. The van der Waals surface area contributed by atoms with Gasteiger partial charge in [-0.25, -0.2) is 0 Å². The van der Waals surface area contributed by atoms with Crippen molar-refractivity contribution in [2.45, 2.75) is 44.6 Å². The van der Waals surface area contributed by atoms with Gasteiger partial charge in [0.25, 0.3) is 5.91 Å². The van der Waals surface area contributed by atoms with E-state index in [0.717, 1.165) is 24.1 Å². The molecule has 1 saturated carbocycles. The maximum atomic E-state index is 12.6. The molecule has 4 heteroatoms. The first-order valence-corrected chi connectivity index (χ1v) is 8.11. The van der Waals surface area contributed by atoms with E-state index in [4.69, 9.17) is 5.73 Å². The Kier molecular flexibility index (Phi) is 3.63. The second kappa shape index (κ2) is 5.25. The Labute approximate surface area is 118 Å². The SMILES string of the molecule is CN(C(=O)c1cc2c(s1)CCC2)C1CCCC1CN. The Morgan fingerprint density at radius 2 is 2.26 bits per heavy atom. The average molecular weight is 278 g/mol. The third kappa shape index (κ3) is 2.32. The summed E-state index contributed by atoms with van der Waals surface area (Å²) in [6, 6.07) is 2.47. The van der Waals surface area contributed by atoms with Gasteiger partial charge in [-0.15, -0.1) is 11.3 Å². The Bertz CT molecular complexity index is 461. The first-order valence-electron chi connectivity index (χ1n) is 7.29. The number of fused-ring (bicyclic) bond motifs is 1. The Hall–Kier alpha value is -0.870. The summed E-state index contributed by atoms with van der Waals surface area (Å²) in [6.45, 7) is 0.698. The Balaban J connectivity index is 1.75. The van der Waals surface area contributed by atoms with Crippen LogP contribution >= 0.6 is 11.3 Å². The van der Waals surface area contributed by atoms with Crippen LogP contribution in [-0.2, 0) is 12.8 Å². The third-order valence-corrected chi connectivity index (χ3v) is 5.92. The fourth-order valence-electron chi connectivity index (χ4n) is 3.56. The molecule has 1 aromatic rings. The van der Waals surface area contributed by atoms with E-state index in [1.165, 1.54) is 29.7 Å². The van der Waals surface area contributed by atoms with Crippen molar-refractivity contribution < 1.29 is 4.79 Å². The standard InChI is InChI=1S/C15H22N2OS/c1-17(12-6-2-5-11(12)9-16)15(18)14-8-10-4-3-7-13(10)19-14/h8,11-12H,2-7,9,16H2,1H3. The number of thiophene rings is 1. The summed E-state index contributed by atoms with van der Waals surface area (Å²) in [7, 11) is 1.95. The van der Waals surface area contributed by atoms with Gasteiger partial charge in [-0.3, -0.25) is 4.79 Å². The van der Waals surface area contributed by atoms with Crippen molar-refractivity contribution >= 4 is 17.2 Å². The van der Waals surface area contributed by atoms with Gasteiger partial charge in [0.15, 0.2) is 0 Å². The van der Waals surface area contributed by atoms with Crippen LogP contribution in [0.4, 0.5) is 0 Å². The molecule has 0 aliphatic heterocycles. The van der Waals surface area contributed by atoms with Crippen LogP contribution in [0, 0.1) is 5.92 Å². The quantitative estimate of drug-likeness (QED) is 0.923. The largest absolute Gasteiger partial charge is 0.338 e. The third-order valence-electron chi connectivity index (χ3n) is 4.70. The zero-order valence-corrected chi connectivity index (χ0v) is 12.3. The number of nitrogens with zero attached hydrogens (tertiary/aromatic N) is 1. The highest BCUT2D eigenvalue weighted by molar-refractivity contribution is 7.14. The van der Waals surface area contributed by atoms with E-state index in [2.05, 4.69) is 6.07 Å². The van der Waals surface area contributed by atoms with Crippen LogP contribution in [0.25, 0.3) is 0 Å². The summed E-state index contributed by atoms with van der Waals surface area (Å²) in [4.78, 5) is 16.9. The van der Waals surface area contributed by atoms with Crippen LogP contribution in [0.2, 0.25) is 0 Å². The van der Waals surface area contributed by atoms with Gasteiger partial charge in [-0.1, -0.05) is 6.42 Å². The van der Waals surface area contributed by atoms with Crippen molar-refractivity contribution in [3.63, 3.8) is 0 Å². The maximum absolute atomic E-state index is 12.6. The highest BCUT2D eigenvalue weighted by Gasteiger charge is 2.33. The topological polar surface area (TPSA) is 46.3 Å². The number of amides is 1. The predicted molar refractivity (Wildman–Crippen MR) is 78.6 cm³/mol. The molecule has 0 radical (unpaired) electrons. The first kappa shape index (κ1) is 13.1. The van der Waals surface area contributed by atoms with Crippen molar-refractivity contribution in [3.8, 4) is 0 Å². The van der Waals surface area contributed by atoms with Crippen molar-refractivity contribution in [2.75, 3.05) is 13.6 Å². The molecule has 104 valence electrons. The molecule has 1 aromatic heterocycles. The number of carbonyl (C=O) groups excluding carboxylic acids is 1. The van der Waals surface area contributed by atoms with Crippen LogP contribution in [0.1, 0.15) is 45.8 Å². The predicted octanol–water partition coefficient (Wildman–Crippen LogP) is 2.44. The highest BCUT2D eigenvalue weighted by atomic mass is 32.1. The van der Waals surface area contributed by atoms with Crippen LogP contribution in [-0.4, -0.2) is 30.4 Å². The summed E-state index contributed by atoms with van der Waals surface area (Å²) in [6.07, 6.45) is 7.03. The van der Waals surface area contributed by atoms with Gasteiger partial charge in [0.05, 0.1) is 4.88 Å². The van der Waals surface area contributed by atoms with Crippen LogP contribution in [0.3, 0.4) is 0 Å². The number of hydrogen-bond donors (Lipinski definition) is 1. The van der Waals surface area contributed by atoms with Gasteiger partial charge in [0.2, 0.25) is 0 Å². The minimum absolute atomic E-state index is 0.199. The van der Waals surface area contributed by atoms with E-state index in [0.29, 0.717) is 18.5 Å². The maximum Gasteiger partial charge on any atom is 0.263 e. The van der Waals surface area contributed by atoms with E-state index in [1.807, 2.05) is 11.9 Å². The van der Waals surface area contributed by atoms with Crippen molar-refractivity contribution in [3.05, 3.63) is 21.4 Å². The number of carbonyl (C=O) groups is 1. The normalized spacial score (nSPS) is 25.6. The molecule has 2 N–H and O–H groups in total. The smallest absolute Gasteiger partial charge is 0.263 e. The Morgan fingerprint density at radius 1 is 1.42 bits per heavy atom. The molecule has 2 aliphatic carbocycles. The number of hydrogen-bond acceptors (Lipinski definition) is 3. The summed E-state index contributed by atoms with van der Waals surface area (Å²) < 4.78 is 0. The van der Waals surface area contributed by atoms with Crippen LogP contribution in [0.15, 0.2) is 6.07 Å². The van der Waals surface area contributed by atoms with E-state index in [1.54, 1.807) is 11.3 Å². The molecule has 19 heavy (non-hydrogen) atoms. The molecule has 1 heterocycles. The lowest BCUT2D eigenvalue weighted by atomic mass is 10.0. The lowest BCUT2D eigenvalue weighted by Crippen LogP contribution is -2.41. The molecular formula is C15H22N2OS. The van der Waals surface area contributed by atoms with Gasteiger partial charge in [-0.2, -0.15) is 0 Å². The molecule has 0 spiro atoms. The van der Waals surface area contributed by atoms with E-state index >= 15 is 0 Å². The number of aryl methyl sites for hydroxylation is 2. The second-order valence-corrected chi connectivity index (χ2v) is 6.96. The molecular weight excluding hydrogens is 256 g/mol. The fraction of sp³-hybridized carbons (Fsp3) is 0.667. The summed E-state index contributed by atoms with van der Waals surface area (Å²) in [5.74, 6) is 0.686. The summed E-state index contributed by atoms with van der Waals surface area (Å²) in [5.41, 5.74) is 7.23. The zero-order chi connectivity index (χ0) is 13.4. The Morgan fingerprint density at radius 3 is 3.00 bits per heavy atom. The van der Waals surface area contributed by atoms with Crippen molar-refractivity contribution in [1.82, 2.24) is 4.90 Å². The average Bonchev–Trinajstić information content (AvgIpc) is 3.10. The molecule has 2 unspecified atom stereocenters. The zero-order valence-electron chi connectivity index (χ0n) is 11.5.